The van der Waals surface area contributed by atoms with Crippen LogP contribution >= 0.6 is 11.6 Å². The van der Waals surface area contributed by atoms with E-state index in [-0.39, 0.29) is 0 Å². The number of halogens is 1. The number of anilines is 2. The lowest BCUT2D eigenvalue weighted by molar-refractivity contribution is 0.262. The van der Waals surface area contributed by atoms with Gasteiger partial charge < -0.3 is 24.7 Å². The summed E-state index contributed by atoms with van der Waals surface area (Å²) in [5, 5.41) is 5.92. The van der Waals surface area contributed by atoms with E-state index >= 15 is 0 Å². The van der Waals surface area contributed by atoms with E-state index in [0.717, 1.165) is 17.0 Å². The average molecular weight is 464 g/mol. The van der Waals surface area contributed by atoms with Crippen LogP contribution in [-0.4, -0.2) is 34.8 Å². The number of imidazole rings is 1. The number of nitrogens with zero attached hydrogens (tertiary/aromatic N) is 3. The fraction of sp³-hybridized carbons (Fsp3) is 0.125. The van der Waals surface area contributed by atoms with Crippen molar-refractivity contribution in [3.63, 3.8) is 0 Å². The summed E-state index contributed by atoms with van der Waals surface area (Å²) in [6.07, 6.45) is 7.20. The molecule has 0 aliphatic rings. The minimum atomic E-state index is -0.420. The summed E-state index contributed by atoms with van der Waals surface area (Å²) in [6.45, 7) is 0.645. The second-order valence-corrected chi connectivity index (χ2v) is 7.48. The zero-order valence-corrected chi connectivity index (χ0v) is 18.8. The first-order chi connectivity index (χ1) is 16.1. The van der Waals surface area contributed by atoms with Crippen molar-refractivity contribution in [3.8, 4) is 22.9 Å². The molecule has 0 bridgehead atoms. The van der Waals surface area contributed by atoms with Gasteiger partial charge in [-0.25, -0.2) is 9.78 Å². The maximum absolute atomic E-state index is 12.5. The lowest BCUT2D eigenvalue weighted by Crippen LogP contribution is -2.19. The van der Waals surface area contributed by atoms with Crippen LogP contribution in [-0.2, 0) is 6.54 Å². The van der Waals surface area contributed by atoms with Crippen LogP contribution in [0.3, 0.4) is 0 Å². The Morgan fingerprint density at radius 3 is 2.39 bits per heavy atom. The van der Waals surface area contributed by atoms with E-state index in [1.807, 2.05) is 42.6 Å². The van der Waals surface area contributed by atoms with Crippen molar-refractivity contribution in [2.24, 2.45) is 0 Å². The highest BCUT2D eigenvalue weighted by Crippen LogP contribution is 2.36. The third-order valence-corrected chi connectivity index (χ3v) is 5.24. The highest BCUT2D eigenvalue weighted by molar-refractivity contribution is 6.32. The minimum Gasteiger partial charge on any atom is -0.495 e. The van der Waals surface area contributed by atoms with Gasteiger partial charge in [-0.15, -0.1) is 0 Å². The third kappa shape index (κ3) is 5.24. The molecule has 2 N–H and O–H groups in total. The van der Waals surface area contributed by atoms with Gasteiger partial charge in [-0.2, -0.15) is 0 Å². The fourth-order valence-electron chi connectivity index (χ4n) is 3.33. The van der Waals surface area contributed by atoms with Gasteiger partial charge in [0.1, 0.15) is 17.3 Å². The summed E-state index contributed by atoms with van der Waals surface area (Å²) in [5.41, 5.74) is 3.15. The summed E-state index contributed by atoms with van der Waals surface area (Å²) in [4.78, 5) is 21.0. The maximum Gasteiger partial charge on any atom is 0.323 e. The molecular formula is C24H22ClN5O3. The molecule has 33 heavy (non-hydrogen) atoms. The third-order valence-electron chi connectivity index (χ3n) is 4.94. The summed E-state index contributed by atoms with van der Waals surface area (Å²) in [5.74, 6) is 1.76. The summed E-state index contributed by atoms with van der Waals surface area (Å²) < 4.78 is 12.5. The van der Waals surface area contributed by atoms with Gasteiger partial charge in [0.25, 0.3) is 0 Å². The molecule has 2 amide bonds. The van der Waals surface area contributed by atoms with Gasteiger partial charge in [-0.3, -0.25) is 4.98 Å². The van der Waals surface area contributed by atoms with E-state index in [9.17, 15) is 4.79 Å². The van der Waals surface area contributed by atoms with Crippen molar-refractivity contribution >= 4 is 29.0 Å². The first kappa shape index (κ1) is 22.2. The number of aromatic nitrogens is 3. The van der Waals surface area contributed by atoms with E-state index in [1.165, 1.54) is 14.2 Å². The monoisotopic (exact) mass is 463 g/mol. The number of ether oxygens (including phenoxy) is 2. The number of urea groups is 1. The molecule has 0 saturated carbocycles. The molecule has 0 saturated heterocycles. The molecule has 9 heteroatoms. The Bertz CT molecular complexity index is 1240. The standard InChI is InChI=1S/C24H22ClN5O3/c1-32-21-14-22(33-2)20(13-19(21)25)29-24(31)28-18-5-3-16(4-6-18)15-30-12-11-27-23(30)17-7-9-26-10-8-17/h3-14H,15H2,1-2H3,(H2,28,29,31). The maximum atomic E-state index is 12.5. The van der Waals surface area contributed by atoms with Crippen LogP contribution in [0.1, 0.15) is 5.56 Å². The molecule has 0 atom stereocenters. The number of rotatable bonds is 7. The quantitative estimate of drug-likeness (QED) is 0.387. The number of benzene rings is 2. The topological polar surface area (TPSA) is 90.3 Å². The van der Waals surface area contributed by atoms with Crippen LogP contribution in [0.5, 0.6) is 11.5 Å². The van der Waals surface area contributed by atoms with E-state index < -0.39 is 6.03 Å². The van der Waals surface area contributed by atoms with Gasteiger partial charge in [0.15, 0.2) is 0 Å². The van der Waals surface area contributed by atoms with Crippen LogP contribution in [0.15, 0.2) is 73.3 Å². The molecule has 2 aromatic heterocycles. The Kier molecular flexibility index (Phi) is 6.75. The molecule has 8 nitrogen and oxygen atoms in total. The van der Waals surface area contributed by atoms with Crippen molar-refractivity contribution in [1.82, 2.24) is 14.5 Å². The van der Waals surface area contributed by atoms with Crippen molar-refractivity contribution < 1.29 is 14.3 Å². The molecule has 0 spiro atoms. The highest BCUT2D eigenvalue weighted by Gasteiger charge is 2.13. The van der Waals surface area contributed by atoms with E-state index in [0.29, 0.717) is 34.4 Å². The lowest BCUT2D eigenvalue weighted by atomic mass is 10.2. The molecule has 168 valence electrons. The number of carbonyl (C=O) groups is 1. The van der Waals surface area contributed by atoms with Gasteiger partial charge in [0.2, 0.25) is 0 Å². The van der Waals surface area contributed by atoms with Crippen LogP contribution in [0.2, 0.25) is 5.02 Å². The second kappa shape index (κ2) is 10.1. The summed E-state index contributed by atoms with van der Waals surface area (Å²) >= 11 is 6.17. The molecule has 2 aromatic carbocycles. The van der Waals surface area contributed by atoms with Crippen molar-refractivity contribution in [3.05, 3.63) is 83.9 Å². The molecule has 4 aromatic rings. The second-order valence-electron chi connectivity index (χ2n) is 7.08. The summed E-state index contributed by atoms with van der Waals surface area (Å²) in [6, 6.07) is 14.2. The van der Waals surface area contributed by atoms with Crippen molar-refractivity contribution in [2.45, 2.75) is 6.54 Å². The zero-order chi connectivity index (χ0) is 23.2. The van der Waals surface area contributed by atoms with Crippen LogP contribution < -0.4 is 20.1 Å². The number of hydrogen-bond acceptors (Lipinski definition) is 5. The molecule has 0 aliphatic heterocycles. The number of hydrogen-bond donors (Lipinski definition) is 2. The molecule has 4 rings (SSSR count). The van der Waals surface area contributed by atoms with Crippen LogP contribution in [0, 0.1) is 0 Å². The Morgan fingerprint density at radius 1 is 0.970 bits per heavy atom. The molecule has 0 radical (unpaired) electrons. The minimum absolute atomic E-state index is 0.364. The summed E-state index contributed by atoms with van der Waals surface area (Å²) in [7, 11) is 3.02. The number of carbonyl (C=O) groups excluding carboxylic acids is 1. The smallest absolute Gasteiger partial charge is 0.323 e. The fourth-order valence-corrected chi connectivity index (χ4v) is 3.57. The van der Waals surface area contributed by atoms with Gasteiger partial charge in [0, 0.05) is 48.6 Å². The first-order valence-corrected chi connectivity index (χ1v) is 10.4. The van der Waals surface area contributed by atoms with E-state index in [1.54, 1.807) is 30.7 Å². The van der Waals surface area contributed by atoms with E-state index in [4.69, 9.17) is 21.1 Å². The first-order valence-electron chi connectivity index (χ1n) is 10.1. The lowest BCUT2D eigenvalue weighted by Gasteiger charge is -2.14. The van der Waals surface area contributed by atoms with Crippen LogP contribution in [0.4, 0.5) is 16.2 Å². The molecule has 2 heterocycles. The normalized spacial score (nSPS) is 10.5. The van der Waals surface area contributed by atoms with Gasteiger partial charge >= 0.3 is 6.03 Å². The van der Waals surface area contributed by atoms with Crippen molar-refractivity contribution in [2.75, 3.05) is 24.9 Å². The Balaban J connectivity index is 1.41. The van der Waals surface area contributed by atoms with Gasteiger partial charge in [-0.1, -0.05) is 23.7 Å². The Labute approximate surface area is 196 Å². The molecule has 0 fully saturated rings. The largest absolute Gasteiger partial charge is 0.495 e. The number of amides is 2. The Hall–Kier alpha value is -4.04. The van der Waals surface area contributed by atoms with E-state index in [2.05, 4.69) is 25.2 Å². The molecule has 0 aliphatic carbocycles. The zero-order valence-electron chi connectivity index (χ0n) is 18.1. The SMILES string of the molecule is COc1cc(OC)c(NC(=O)Nc2ccc(Cn3ccnc3-c3ccncc3)cc2)cc1Cl. The Morgan fingerprint density at radius 2 is 1.70 bits per heavy atom. The van der Waals surface area contributed by atoms with Crippen molar-refractivity contribution in [1.29, 1.82) is 0 Å². The van der Waals surface area contributed by atoms with Gasteiger partial charge in [-0.05, 0) is 35.9 Å². The predicted octanol–water partition coefficient (Wildman–Crippen LogP) is 5.31. The number of methoxy groups -OCH3 is 2. The number of nitrogens with one attached hydrogen (secondary N) is 2. The average Bonchev–Trinajstić information content (AvgIpc) is 3.29. The number of pyridine rings is 1. The predicted molar refractivity (Wildman–Crippen MR) is 128 cm³/mol. The van der Waals surface area contributed by atoms with Gasteiger partial charge in [0.05, 0.1) is 24.9 Å². The van der Waals surface area contributed by atoms with Crippen LogP contribution in [0.25, 0.3) is 11.4 Å². The highest BCUT2D eigenvalue weighted by atomic mass is 35.5. The molecular weight excluding hydrogens is 442 g/mol. The molecule has 0 unspecified atom stereocenters.